The minimum Gasteiger partial charge on any atom is -0.493 e. The summed E-state index contributed by atoms with van der Waals surface area (Å²) in [5.41, 5.74) is 0.267. The van der Waals surface area contributed by atoms with Crippen LogP contribution in [0, 0.1) is 11.3 Å². The number of benzene rings is 2. The Kier molecular flexibility index (Phi) is 8.20. The zero-order valence-electron chi connectivity index (χ0n) is 18.3. The molecule has 0 radical (unpaired) electrons. The van der Waals surface area contributed by atoms with Gasteiger partial charge in [-0.3, -0.25) is 4.79 Å². The second-order valence-corrected chi connectivity index (χ2v) is 9.34. The minimum atomic E-state index is -3.69. The number of methoxy groups -OCH3 is 1. The van der Waals surface area contributed by atoms with E-state index in [4.69, 9.17) is 4.74 Å². The Hall–Kier alpha value is -3.49. The molecular formula is C23H23F2N3O5S. The lowest BCUT2D eigenvalue weighted by Crippen LogP contribution is -2.35. The number of nitriles is 1. The molecule has 34 heavy (non-hydrogen) atoms. The van der Waals surface area contributed by atoms with E-state index in [1.54, 1.807) is 6.07 Å². The smallest absolute Gasteiger partial charge is 0.387 e. The number of amides is 1. The summed E-state index contributed by atoms with van der Waals surface area (Å²) in [6.07, 6.45) is 3.83. The molecule has 0 atom stereocenters. The predicted molar refractivity (Wildman–Crippen MR) is 121 cm³/mol. The largest absolute Gasteiger partial charge is 0.493 e. The summed E-state index contributed by atoms with van der Waals surface area (Å²) in [6, 6.07) is 11.6. The van der Waals surface area contributed by atoms with Crippen LogP contribution in [0.1, 0.15) is 24.8 Å². The fourth-order valence-electron chi connectivity index (χ4n) is 3.47. The first-order valence-corrected chi connectivity index (χ1v) is 11.8. The van der Waals surface area contributed by atoms with E-state index < -0.39 is 22.5 Å². The van der Waals surface area contributed by atoms with Crippen molar-refractivity contribution >= 4 is 27.7 Å². The van der Waals surface area contributed by atoms with Crippen LogP contribution in [0.25, 0.3) is 6.08 Å². The van der Waals surface area contributed by atoms with Gasteiger partial charge in [0.25, 0.3) is 5.91 Å². The van der Waals surface area contributed by atoms with E-state index in [-0.39, 0.29) is 27.7 Å². The molecule has 2 aromatic rings. The summed E-state index contributed by atoms with van der Waals surface area (Å²) < 4.78 is 61.6. The third-order valence-corrected chi connectivity index (χ3v) is 7.02. The first kappa shape index (κ1) is 25.1. The molecule has 1 heterocycles. The Bertz CT molecular complexity index is 1220. The van der Waals surface area contributed by atoms with E-state index in [2.05, 4.69) is 10.1 Å². The lowest BCUT2D eigenvalue weighted by Gasteiger charge is -2.26. The highest BCUT2D eigenvalue weighted by Gasteiger charge is 2.26. The van der Waals surface area contributed by atoms with E-state index >= 15 is 0 Å². The van der Waals surface area contributed by atoms with Gasteiger partial charge in [0.2, 0.25) is 10.0 Å². The number of alkyl halides is 2. The number of sulfonamides is 1. The molecule has 0 bridgehead atoms. The Balaban J connectivity index is 1.80. The van der Waals surface area contributed by atoms with Gasteiger partial charge in [0.15, 0.2) is 11.5 Å². The monoisotopic (exact) mass is 491 g/mol. The van der Waals surface area contributed by atoms with Gasteiger partial charge in [0.1, 0.15) is 11.6 Å². The van der Waals surface area contributed by atoms with Crippen LogP contribution in [0.15, 0.2) is 52.9 Å². The van der Waals surface area contributed by atoms with Crippen molar-refractivity contribution < 1.29 is 31.5 Å². The van der Waals surface area contributed by atoms with Crippen LogP contribution in [0.4, 0.5) is 14.5 Å². The van der Waals surface area contributed by atoms with Crippen LogP contribution in [-0.2, 0) is 14.8 Å². The van der Waals surface area contributed by atoms with Crippen molar-refractivity contribution in [1.29, 1.82) is 5.26 Å². The number of carbonyl (C=O) groups excluding carboxylic acids is 1. The maximum atomic E-state index is 12.9. The molecule has 180 valence electrons. The number of nitrogens with zero attached hydrogens (tertiary/aromatic N) is 2. The van der Waals surface area contributed by atoms with Crippen molar-refractivity contribution in [1.82, 2.24) is 4.31 Å². The molecule has 0 spiro atoms. The van der Waals surface area contributed by atoms with Crippen LogP contribution >= 0.6 is 0 Å². The van der Waals surface area contributed by atoms with Gasteiger partial charge in [-0.2, -0.15) is 18.3 Å². The highest BCUT2D eigenvalue weighted by atomic mass is 32.2. The third-order valence-electron chi connectivity index (χ3n) is 5.12. The zero-order chi connectivity index (χ0) is 24.7. The van der Waals surface area contributed by atoms with Gasteiger partial charge in [0.05, 0.1) is 12.0 Å². The minimum absolute atomic E-state index is 0.00219. The van der Waals surface area contributed by atoms with Crippen molar-refractivity contribution in [2.24, 2.45) is 0 Å². The number of anilines is 1. The van der Waals surface area contributed by atoms with Gasteiger partial charge in [-0.15, -0.1) is 0 Å². The Morgan fingerprint density at radius 1 is 1.15 bits per heavy atom. The third kappa shape index (κ3) is 6.09. The number of halogens is 2. The highest BCUT2D eigenvalue weighted by molar-refractivity contribution is 7.89. The van der Waals surface area contributed by atoms with E-state index in [1.165, 1.54) is 60.0 Å². The molecular weight excluding hydrogens is 468 g/mol. The standard InChI is InChI=1S/C23H23F2N3O5S/c1-32-21-13-16(8-9-20(21)33-23(24)25)12-17(15-26)22(29)27-18-6-5-7-19(14-18)34(30,31)28-10-3-2-4-11-28/h5-9,12-14,23H,2-4,10-11H2,1H3,(H,27,29)/b17-12+. The Labute approximate surface area is 196 Å². The molecule has 0 unspecified atom stereocenters. The molecule has 1 amide bonds. The summed E-state index contributed by atoms with van der Waals surface area (Å²) >= 11 is 0. The fourth-order valence-corrected chi connectivity index (χ4v) is 5.03. The number of piperidine rings is 1. The molecule has 3 rings (SSSR count). The molecule has 2 aromatic carbocycles. The molecule has 1 N–H and O–H groups in total. The van der Waals surface area contributed by atoms with Crippen molar-refractivity contribution in [3.8, 4) is 17.6 Å². The van der Waals surface area contributed by atoms with Gasteiger partial charge in [-0.05, 0) is 54.8 Å². The number of rotatable bonds is 8. The molecule has 11 heteroatoms. The van der Waals surface area contributed by atoms with Crippen LogP contribution in [0.2, 0.25) is 0 Å². The van der Waals surface area contributed by atoms with Crippen LogP contribution in [0.3, 0.4) is 0 Å². The second kappa shape index (κ2) is 11.1. The van der Waals surface area contributed by atoms with E-state index in [0.717, 1.165) is 19.3 Å². The first-order valence-electron chi connectivity index (χ1n) is 10.4. The number of hydrogen-bond acceptors (Lipinski definition) is 6. The molecule has 8 nitrogen and oxygen atoms in total. The highest BCUT2D eigenvalue weighted by Crippen LogP contribution is 2.30. The number of ether oxygens (including phenoxy) is 2. The Morgan fingerprint density at radius 3 is 2.53 bits per heavy atom. The van der Waals surface area contributed by atoms with Gasteiger partial charge < -0.3 is 14.8 Å². The van der Waals surface area contributed by atoms with Gasteiger partial charge in [-0.25, -0.2) is 8.42 Å². The molecule has 1 aliphatic rings. The Morgan fingerprint density at radius 2 is 1.88 bits per heavy atom. The molecule has 1 aliphatic heterocycles. The second-order valence-electron chi connectivity index (χ2n) is 7.41. The van der Waals surface area contributed by atoms with Crippen molar-refractivity contribution in [3.63, 3.8) is 0 Å². The topological polar surface area (TPSA) is 109 Å². The quantitative estimate of drug-likeness (QED) is 0.441. The van der Waals surface area contributed by atoms with Gasteiger partial charge in [-0.1, -0.05) is 18.6 Å². The van der Waals surface area contributed by atoms with E-state index in [0.29, 0.717) is 18.7 Å². The molecule has 1 saturated heterocycles. The van der Waals surface area contributed by atoms with Gasteiger partial charge >= 0.3 is 6.61 Å². The lowest BCUT2D eigenvalue weighted by atomic mass is 10.1. The summed E-state index contributed by atoms with van der Waals surface area (Å²) in [4.78, 5) is 12.7. The molecule has 0 aliphatic carbocycles. The normalized spacial score (nSPS) is 15.0. The van der Waals surface area contributed by atoms with Crippen molar-refractivity contribution in [3.05, 3.63) is 53.6 Å². The average molecular weight is 492 g/mol. The van der Waals surface area contributed by atoms with Crippen LogP contribution in [0.5, 0.6) is 11.5 Å². The maximum Gasteiger partial charge on any atom is 0.387 e. The number of carbonyl (C=O) groups is 1. The van der Waals surface area contributed by atoms with Gasteiger partial charge in [0, 0.05) is 18.8 Å². The van der Waals surface area contributed by atoms with E-state index in [9.17, 15) is 27.3 Å². The van der Waals surface area contributed by atoms with Crippen molar-refractivity contribution in [2.75, 3.05) is 25.5 Å². The molecule has 0 saturated carbocycles. The summed E-state index contributed by atoms with van der Waals surface area (Å²) in [6.45, 7) is -2.14. The van der Waals surface area contributed by atoms with Crippen LogP contribution < -0.4 is 14.8 Å². The summed E-state index contributed by atoms with van der Waals surface area (Å²) in [5.74, 6) is -0.950. The lowest BCUT2D eigenvalue weighted by molar-refractivity contribution is -0.112. The summed E-state index contributed by atoms with van der Waals surface area (Å²) in [5, 5.41) is 12.0. The number of hydrogen-bond donors (Lipinski definition) is 1. The molecule has 0 aromatic heterocycles. The van der Waals surface area contributed by atoms with E-state index in [1.807, 2.05) is 0 Å². The first-order chi connectivity index (χ1) is 16.2. The fraction of sp³-hybridized carbons (Fsp3) is 0.304. The maximum absolute atomic E-state index is 12.9. The predicted octanol–water partition coefficient (Wildman–Crippen LogP) is 4.02. The molecule has 1 fully saturated rings. The number of nitrogens with one attached hydrogen (secondary N) is 1. The van der Waals surface area contributed by atoms with Crippen molar-refractivity contribution in [2.45, 2.75) is 30.8 Å². The SMILES string of the molecule is COc1cc(/C=C(\C#N)C(=O)Nc2cccc(S(=O)(=O)N3CCCCC3)c2)ccc1OC(F)F. The zero-order valence-corrected chi connectivity index (χ0v) is 19.1. The van der Waals surface area contributed by atoms with Crippen LogP contribution in [-0.4, -0.2) is 45.4 Å². The average Bonchev–Trinajstić information content (AvgIpc) is 2.83. The summed E-state index contributed by atoms with van der Waals surface area (Å²) in [7, 11) is -2.42.